The molecule has 0 aliphatic heterocycles. The van der Waals surface area contributed by atoms with Crippen LogP contribution in [-0.4, -0.2) is 48.5 Å². The maximum Gasteiger partial charge on any atom is 0.329 e. The minimum Gasteiger partial charge on any atom is -0.508 e. The summed E-state index contributed by atoms with van der Waals surface area (Å²) < 4.78 is 4.83. The summed E-state index contributed by atoms with van der Waals surface area (Å²) in [6.45, 7) is 4.05. The number of aryl methyl sites for hydroxylation is 1. The third-order valence-corrected chi connectivity index (χ3v) is 2.79. The van der Waals surface area contributed by atoms with Gasteiger partial charge in [-0.25, -0.2) is 9.59 Å². The van der Waals surface area contributed by atoms with Crippen LogP contribution in [0.25, 0.3) is 0 Å². The minimum absolute atomic E-state index is 0.0895. The number of amides is 2. The van der Waals surface area contributed by atoms with E-state index in [2.05, 4.69) is 5.32 Å². The number of urea groups is 1. The van der Waals surface area contributed by atoms with Crippen molar-refractivity contribution in [2.24, 2.45) is 0 Å². The van der Waals surface area contributed by atoms with Crippen LogP contribution in [0.15, 0.2) is 18.2 Å². The van der Waals surface area contributed by atoms with Crippen LogP contribution in [-0.2, 0) is 9.53 Å². The van der Waals surface area contributed by atoms with E-state index >= 15 is 0 Å². The van der Waals surface area contributed by atoms with Gasteiger partial charge in [-0.3, -0.25) is 4.90 Å². The van der Waals surface area contributed by atoms with E-state index in [1.54, 1.807) is 12.1 Å². The number of ether oxygens (including phenoxy) is 1. The maximum atomic E-state index is 12.1. The third-order valence-electron chi connectivity index (χ3n) is 2.79. The quantitative estimate of drug-likeness (QED) is 0.659. The third kappa shape index (κ3) is 5.31. The van der Waals surface area contributed by atoms with E-state index in [0.717, 1.165) is 5.56 Å². The number of phenolic OH excluding ortho intramolecular Hbond substituents is 1. The standard InChI is InChI=1S/C14H20N2O5/c1-3-16(12-8-11(17)5-4-10(12)2)14(20)15-6-7-21-9-13(18)19/h4-5,8,17H,3,6-7,9H2,1-2H3,(H,15,20)(H,18,19). The highest BCUT2D eigenvalue weighted by atomic mass is 16.5. The number of phenols is 1. The van der Waals surface area contributed by atoms with Crippen LogP contribution in [0.3, 0.4) is 0 Å². The number of rotatable bonds is 7. The van der Waals surface area contributed by atoms with E-state index in [-0.39, 0.29) is 31.5 Å². The topological polar surface area (TPSA) is 99.1 Å². The molecular formula is C14H20N2O5. The highest BCUT2D eigenvalue weighted by Crippen LogP contribution is 2.24. The Morgan fingerprint density at radius 1 is 1.38 bits per heavy atom. The zero-order chi connectivity index (χ0) is 15.8. The first-order chi connectivity index (χ1) is 9.95. The van der Waals surface area contributed by atoms with Crippen LogP contribution in [0.4, 0.5) is 10.5 Å². The average molecular weight is 296 g/mol. The molecule has 0 radical (unpaired) electrons. The second-order valence-corrected chi connectivity index (χ2v) is 4.39. The minimum atomic E-state index is -1.05. The monoisotopic (exact) mass is 296 g/mol. The first-order valence-electron chi connectivity index (χ1n) is 6.60. The van der Waals surface area contributed by atoms with Gasteiger partial charge in [0.2, 0.25) is 0 Å². The summed E-state index contributed by atoms with van der Waals surface area (Å²) in [6, 6.07) is 4.49. The van der Waals surface area contributed by atoms with Crippen molar-refractivity contribution in [1.29, 1.82) is 0 Å². The molecule has 7 nitrogen and oxygen atoms in total. The normalized spacial score (nSPS) is 10.2. The van der Waals surface area contributed by atoms with E-state index in [9.17, 15) is 14.7 Å². The van der Waals surface area contributed by atoms with Gasteiger partial charge in [0, 0.05) is 19.2 Å². The van der Waals surface area contributed by atoms with Gasteiger partial charge in [-0.2, -0.15) is 0 Å². The number of nitrogens with zero attached hydrogens (tertiary/aromatic N) is 1. The van der Waals surface area contributed by atoms with Gasteiger partial charge >= 0.3 is 12.0 Å². The van der Waals surface area contributed by atoms with E-state index in [1.165, 1.54) is 11.0 Å². The second kappa shape index (κ2) is 8.11. The number of carboxylic acid groups (broad SMARTS) is 1. The molecule has 0 spiro atoms. The Labute approximate surface area is 123 Å². The van der Waals surface area contributed by atoms with Gasteiger partial charge in [0.25, 0.3) is 0 Å². The SMILES string of the molecule is CCN(C(=O)NCCOCC(=O)O)c1cc(O)ccc1C. The molecule has 0 unspecified atom stereocenters. The Morgan fingerprint density at radius 3 is 2.71 bits per heavy atom. The van der Waals surface area contributed by atoms with E-state index in [4.69, 9.17) is 9.84 Å². The second-order valence-electron chi connectivity index (χ2n) is 4.39. The smallest absolute Gasteiger partial charge is 0.329 e. The lowest BCUT2D eigenvalue weighted by Gasteiger charge is -2.23. The van der Waals surface area contributed by atoms with Crippen LogP contribution in [0.2, 0.25) is 0 Å². The number of anilines is 1. The Kier molecular flexibility index (Phi) is 6.48. The molecule has 1 rings (SSSR count). The molecule has 3 N–H and O–H groups in total. The predicted octanol–water partition coefficient (Wildman–Crippen LogP) is 1.34. The number of hydrogen-bond acceptors (Lipinski definition) is 4. The highest BCUT2D eigenvalue weighted by molar-refractivity contribution is 5.92. The summed E-state index contributed by atoms with van der Waals surface area (Å²) in [5.74, 6) is -0.960. The van der Waals surface area contributed by atoms with Gasteiger partial charge in [0.15, 0.2) is 0 Å². The number of carbonyl (C=O) groups is 2. The van der Waals surface area contributed by atoms with Crippen molar-refractivity contribution in [3.63, 3.8) is 0 Å². The number of aromatic hydroxyl groups is 1. The highest BCUT2D eigenvalue weighted by Gasteiger charge is 2.15. The van der Waals surface area contributed by atoms with Gasteiger partial charge in [-0.1, -0.05) is 6.07 Å². The summed E-state index contributed by atoms with van der Waals surface area (Å²) in [5, 5.41) is 20.6. The lowest BCUT2D eigenvalue weighted by molar-refractivity contribution is -0.142. The fraction of sp³-hybridized carbons (Fsp3) is 0.429. The molecule has 0 bridgehead atoms. The van der Waals surface area contributed by atoms with Crippen LogP contribution in [0, 0.1) is 6.92 Å². The summed E-state index contributed by atoms with van der Waals surface area (Å²) in [6.07, 6.45) is 0. The number of hydrogen-bond donors (Lipinski definition) is 3. The molecule has 0 saturated carbocycles. The Balaban J connectivity index is 2.57. The van der Waals surface area contributed by atoms with E-state index in [1.807, 2.05) is 13.8 Å². The number of nitrogens with one attached hydrogen (secondary N) is 1. The average Bonchev–Trinajstić information content (AvgIpc) is 2.42. The summed E-state index contributed by atoms with van der Waals surface area (Å²) in [4.78, 5) is 23.8. The van der Waals surface area contributed by atoms with Crippen LogP contribution in [0.5, 0.6) is 5.75 Å². The lowest BCUT2D eigenvalue weighted by Crippen LogP contribution is -2.41. The first kappa shape index (κ1) is 16.8. The molecule has 1 aromatic carbocycles. The number of aliphatic carboxylic acids is 1. The molecule has 0 heterocycles. The number of carbonyl (C=O) groups excluding carboxylic acids is 1. The zero-order valence-electron chi connectivity index (χ0n) is 12.1. The molecule has 0 atom stereocenters. The maximum absolute atomic E-state index is 12.1. The fourth-order valence-corrected chi connectivity index (χ4v) is 1.80. The molecule has 21 heavy (non-hydrogen) atoms. The van der Waals surface area contributed by atoms with Gasteiger partial charge in [0.1, 0.15) is 12.4 Å². The molecule has 1 aromatic rings. The van der Waals surface area contributed by atoms with Crippen molar-refractivity contribution >= 4 is 17.7 Å². The summed E-state index contributed by atoms with van der Waals surface area (Å²) >= 11 is 0. The van der Waals surface area contributed by atoms with Crippen LogP contribution >= 0.6 is 0 Å². The Hall–Kier alpha value is -2.28. The fourth-order valence-electron chi connectivity index (χ4n) is 1.80. The van der Waals surface area contributed by atoms with Crippen molar-refractivity contribution in [3.05, 3.63) is 23.8 Å². The van der Waals surface area contributed by atoms with Crippen LogP contribution in [0.1, 0.15) is 12.5 Å². The molecule has 116 valence electrons. The van der Waals surface area contributed by atoms with Crippen molar-refractivity contribution in [2.45, 2.75) is 13.8 Å². The van der Waals surface area contributed by atoms with Crippen molar-refractivity contribution in [1.82, 2.24) is 5.32 Å². The van der Waals surface area contributed by atoms with Crippen LogP contribution < -0.4 is 10.2 Å². The Bertz CT molecular complexity index is 504. The number of benzene rings is 1. The van der Waals surface area contributed by atoms with Crippen molar-refractivity contribution < 1.29 is 24.5 Å². The summed E-state index contributed by atoms with van der Waals surface area (Å²) in [5.41, 5.74) is 1.49. The van der Waals surface area contributed by atoms with Gasteiger partial charge in [-0.05, 0) is 25.5 Å². The van der Waals surface area contributed by atoms with Crippen molar-refractivity contribution in [2.75, 3.05) is 31.2 Å². The zero-order valence-corrected chi connectivity index (χ0v) is 12.1. The molecule has 0 fully saturated rings. The number of carboxylic acids is 1. The van der Waals surface area contributed by atoms with Gasteiger partial charge in [0.05, 0.1) is 12.3 Å². The lowest BCUT2D eigenvalue weighted by atomic mass is 10.1. The molecule has 0 aromatic heterocycles. The predicted molar refractivity (Wildman–Crippen MR) is 77.7 cm³/mol. The van der Waals surface area contributed by atoms with Gasteiger partial charge in [-0.15, -0.1) is 0 Å². The van der Waals surface area contributed by atoms with E-state index in [0.29, 0.717) is 12.2 Å². The summed E-state index contributed by atoms with van der Waals surface area (Å²) in [7, 11) is 0. The largest absolute Gasteiger partial charge is 0.508 e. The molecule has 0 aliphatic carbocycles. The molecule has 7 heteroatoms. The molecular weight excluding hydrogens is 276 g/mol. The molecule has 2 amide bonds. The first-order valence-corrected chi connectivity index (χ1v) is 6.60. The van der Waals surface area contributed by atoms with Crippen molar-refractivity contribution in [3.8, 4) is 5.75 Å². The van der Waals surface area contributed by atoms with Gasteiger partial charge < -0.3 is 20.3 Å². The Morgan fingerprint density at radius 2 is 2.10 bits per heavy atom. The molecule has 0 aliphatic rings. The molecule has 0 saturated heterocycles. The van der Waals surface area contributed by atoms with E-state index < -0.39 is 5.97 Å².